The Bertz CT molecular complexity index is 502. The normalized spacial score (nSPS) is 11.8. The van der Waals surface area contributed by atoms with Gasteiger partial charge in [0.1, 0.15) is 0 Å². The van der Waals surface area contributed by atoms with Gasteiger partial charge in [0.05, 0.1) is 0 Å². The summed E-state index contributed by atoms with van der Waals surface area (Å²) in [5, 5.41) is 3.44. The maximum absolute atomic E-state index is 12.3. The Morgan fingerprint density at radius 1 is 1.25 bits per heavy atom. The van der Waals surface area contributed by atoms with Crippen LogP contribution in [0.3, 0.4) is 0 Å². The molecule has 0 aliphatic rings. The lowest BCUT2D eigenvalue weighted by Crippen LogP contribution is -2.08. The average molecular weight is 227 g/mol. The van der Waals surface area contributed by atoms with E-state index in [0.29, 0.717) is 5.82 Å². The van der Waals surface area contributed by atoms with Crippen molar-refractivity contribution in [2.75, 3.05) is 0 Å². The van der Waals surface area contributed by atoms with Crippen LogP contribution < -0.4 is 0 Å². The van der Waals surface area contributed by atoms with Gasteiger partial charge in [-0.3, -0.25) is 0 Å². The molecular formula is C10H8F3N3. The molecule has 6 heteroatoms. The Kier molecular flexibility index (Phi) is 2.41. The zero-order valence-corrected chi connectivity index (χ0v) is 8.36. The van der Waals surface area contributed by atoms with Crippen molar-refractivity contribution in [1.29, 1.82) is 0 Å². The van der Waals surface area contributed by atoms with E-state index in [1.54, 1.807) is 19.1 Å². The molecule has 0 unspecified atom stereocenters. The van der Waals surface area contributed by atoms with Crippen LogP contribution in [0.25, 0.3) is 5.82 Å². The van der Waals surface area contributed by atoms with Crippen LogP contribution in [0.15, 0.2) is 30.6 Å². The molecule has 3 nitrogen and oxygen atoms in total. The van der Waals surface area contributed by atoms with Gasteiger partial charge >= 0.3 is 6.18 Å². The van der Waals surface area contributed by atoms with Gasteiger partial charge in [0.2, 0.25) is 0 Å². The molecule has 16 heavy (non-hydrogen) atoms. The molecule has 2 rings (SSSR count). The van der Waals surface area contributed by atoms with Crippen molar-refractivity contribution in [2.24, 2.45) is 0 Å². The SMILES string of the molecule is Cc1cccnc1-n1ccc(C(F)(F)F)n1. The van der Waals surface area contributed by atoms with E-state index in [2.05, 4.69) is 10.1 Å². The average Bonchev–Trinajstić information content (AvgIpc) is 2.66. The van der Waals surface area contributed by atoms with Crippen LogP contribution in [0, 0.1) is 6.92 Å². The fraction of sp³-hybridized carbons (Fsp3) is 0.200. The Hall–Kier alpha value is -1.85. The number of hydrogen-bond donors (Lipinski definition) is 0. The second kappa shape index (κ2) is 3.62. The Balaban J connectivity index is 2.44. The first-order valence-electron chi connectivity index (χ1n) is 4.53. The van der Waals surface area contributed by atoms with E-state index in [1.165, 1.54) is 12.4 Å². The van der Waals surface area contributed by atoms with Gasteiger partial charge in [-0.1, -0.05) is 6.07 Å². The highest BCUT2D eigenvalue weighted by molar-refractivity contribution is 5.31. The quantitative estimate of drug-likeness (QED) is 0.749. The molecule has 2 heterocycles. The van der Waals surface area contributed by atoms with Gasteiger partial charge < -0.3 is 0 Å². The van der Waals surface area contributed by atoms with Crippen molar-refractivity contribution in [2.45, 2.75) is 13.1 Å². The number of aryl methyl sites for hydroxylation is 1. The molecule has 0 saturated heterocycles. The molecule has 0 saturated carbocycles. The summed E-state index contributed by atoms with van der Waals surface area (Å²) in [5.74, 6) is 0.401. The molecule has 0 radical (unpaired) electrons. The van der Waals surface area contributed by atoms with E-state index < -0.39 is 11.9 Å². The van der Waals surface area contributed by atoms with Crippen LogP contribution >= 0.6 is 0 Å². The number of hydrogen-bond acceptors (Lipinski definition) is 2. The van der Waals surface area contributed by atoms with Crippen molar-refractivity contribution in [3.63, 3.8) is 0 Å². The van der Waals surface area contributed by atoms with Crippen molar-refractivity contribution in [1.82, 2.24) is 14.8 Å². The van der Waals surface area contributed by atoms with Crippen molar-refractivity contribution in [3.8, 4) is 5.82 Å². The Morgan fingerprint density at radius 3 is 2.56 bits per heavy atom. The largest absolute Gasteiger partial charge is 0.435 e. The number of alkyl halides is 3. The molecule has 0 spiro atoms. The second-order valence-electron chi connectivity index (χ2n) is 3.29. The summed E-state index contributed by atoms with van der Waals surface area (Å²) in [5.41, 5.74) is -0.156. The third-order valence-electron chi connectivity index (χ3n) is 2.08. The summed E-state index contributed by atoms with van der Waals surface area (Å²) in [6.07, 6.45) is -1.66. The fourth-order valence-electron chi connectivity index (χ4n) is 1.31. The lowest BCUT2D eigenvalue weighted by atomic mass is 10.3. The molecule has 0 aliphatic carbocycles. The predicted molar refractivity (Wildman–Crippen MR) is 51.1 cm³/mol. The Morgan fingerprint density at radius 2 is 2.00 bits per heavy atom. The van der Waals surface area contributed by atoms with E-state index in [4.69, 9.17) is 0 Å². The smallest absolute Gasteiger partial charge is 0.237 e. The topological polar surface area (TPSA) is 30.7 Å². The third-order valence-corrected chi connectivity index (χ3v) is 2.08. The second-order valence-corrected chi connectivity index (χ2v) is 3.29. The van der Waals surface area contributed by atoms with Gasteiger partial charge in [0.25, 0.3) is 0 Å². The highest BCUT2D eigenvalue weighted by atomic mass is 19.4. The molecule has 2 aromatic rings. The minimum absolute atomic E-state index is 0.401. The molecule has 0 amide bonds. The molecule has 0 bridgehead atoms. The van der Waals surface area contributed by atoms with Crippen LogP contribution in [-0.4, -0.2) is 14.8 Å². The summed E-state index contributed by atoms with van der Waals surface area (Å²) in [7, 11) is 0. The maximum Gasteiger partial charge on any atom is 0.435 e. The van der Waals surface area contributed by atoms with Gasteiger partial charge in [-0.15, -0.1) is 0 Å². The minimum atomic E-state index is -4.42. The summed E-state index contributed by atoms with van der Waals surface area (Å²) >= 11 is 0. The van der Waals surface area contributed by atoms with Gasteiger partial charge in [0, 0.05) is 12.4 Å². The van der Waals surface area contributed by atoms with E-state index in [1.807, 2.05) is 0 Å². The van der Waals surface area contributed by atoms with E-state index >= 15 is 0 Å². The maximum atomic E-state index is 12.3. The molecule has 0 aromatic carbocycles. The predicted octanol–water partition coefficient (Wildman–Crippen LogP) is 2.59. The summed E-state index contributed by atoms with van der Waals surface area (Å²) in [6.45, 7) is 1.76. The van der Waals surface area contributed by atoms with E-state index in [0.717, 1.165) is 16.3 Å². The van der Waals surface area contributed by atoms with E-state index in [-0.39, 0.29) is 0 Å². The van der Waals surface area contributed by atoms with Crippen molar-refractivity contribution < 1.29 is 13.2 Å². The molecule has 0 N–H and O–H groups in total. The zero-order valence-electron chi connectivity index (χ0n) is 8.36. The van der Waals surface area contributed by atoms with Gasteiger partial charge in [0.15, 0.2) is 11.5 Å². The summed E-state index contributed by atoms with van der Waals surface area (Å²) in [6, 6.07) is 4.40. The number of nitrogens with zero attached hydrogens (tertiary/aromatic N) is 3. The number of halogens is 3. The van der Waals surface area contributed by atoms with E-state index in [9.17, 15) is 13.2 Å². The van der Waals surface area contributed by atoms with Crippen LogP contribution in [-0.2, 0) is 6.18 Å². The first kappa shape index (κ1) is 10.7. The standard InChI is InChI=1S/C10H8F3N3/c1-7-3-2-5-14-9(7)16-6-4-8(15-16)10(11,12)13/h2-6H,1H3. The monoisotopic (exact) mass is 227 g/mol. The molecule has 0 aliphatic heterocycles. The summed E-state index contributed by atoms with van der Waals surface area (Å²) in [4.78, 5) is 3.98. The first-order valence-corrected chi connectivity index (χ1v) is 4.53. The summed E-state index contributed by atoms with van der Waals surface area (Å²) < 4.78 is 38.1. The third kappa shape index (κ3) is 1.91. The lowest BCUT2D eigenvalue weighted by Gasteiger charge is -2.04. The molecule has 0 fully saturated rings. The van der Waals surface area contributed by atoms with Crippen LogP contribution in [0.2, 0.25) is 0 Å². The first-order chi connectivity index (χ1) is 7.48. The minimum Gasteiger partial charge on any atom is -0.237 e. The molecule has 0 atom stereocenters. The number of aromatic nitrogens is 3. The van der Waals surface area contributed by atoms with Gasteiger partial charge in [-0.25, -0.2) is 9.67 Å². The number of rotatable bonds is 1. The fourth-order valence-corrected chi connectivity index (χ4v) is 1.31. The molecule has 2 aromatic heterocycles. The molecule has 84 valence electrons. The highest BCUT2D eigenvalue weighted by Gasteiger charge is 2.33. The van der Waals surface area contributed by atoms with Crippen LogP contribution in [0.4, 0.5) is 13.2 Å². The molecular weight excluding hydrogens is 219 g/mol. The van der Waals surface area contributed by atoms with Gasteiger partial charge in [-0.2, -0.15) is 18.3 Å². The van der Waals surface area contributed by atoms with Crippen LogP contribution in [0.1, 0.15) is 11.3 Å². The Labute approximate surface area is 89.5 Å². The zero-order chi connectivity index (χ0) is 11.8. The van der Waals surface area contributed by atoms with Crippen LogP contribution in [0.5, 0.6) is 0 Å². The van der Waals surface area contributed by atoms with Crippen molar-refractivity contribution >= 4 is 0 Å². The van der Waals surface area contributed by atoms with Gasteiger partial charge in [-0.05, 0) is 24.6 Å². The number of pyridine rings is 1. The van der Waals surface area contributed by atoms with Crippen molar-refractivity contribution in [3.05, 3.63) is 41.9 Å². The highest BCUT2D eigenvalue weighted by Crippen LogP contribution is 2.27. The lowest BCUT2D eigenvalue weighted by molar-refractivity contribution is -0.141.